The zero-order valence-electron chi connectivity index (χ0n) is 17.5. The van der Waals surface area contributed by atoms with E-state index in [2.05, 4.69) is 42.2 Å². The van der Waals surface area contributed by atoms with Crippen LogP contribution in [0.3, 0.4) is 0 Å². The summed E-state index contributed by atoms with van der Waals surface area (Å²) < 4.78 is 2.81. The molecule has 0 radical (unpaired) electrons. The summed E-state index contributed by atoms with van der Waals surface area (Å²) in [6, 6.07) is 13.6. The third kappa shape index (κ3) is 3.98. The molecule has 5 rings (SSSR count). The topological polar surface area (TPSA) is 90.9 Å². The third-order valence-corrected chi connectivity index (χ3v) is 6.46. The molecule has 9 heteroatoms. The molecule has 3 heterocycles. The van der Waals surface area contributed by atoms with Crippen molar-refractivity contribution in [1.82, 2.24) is 24.9 Å². The van der Waals surface area contributed by atoms with Crippen LogP contribution in [0.15, 0.2) is 47.1 Å². The van der Waals surface area contributed by atoms with Gasteiger partial charge in [-0.05, 0) is 55.7 Å². The number of carbonyl (C=O) groups excluding carboxylic acids is 1. The first-order valence-electron chi connectivity index (χ1n) is 10.8. The number of anilines is 1. The van der Waals surface area contributed by atoms with Crippen LogP contribution < -0.4 is 4.90 Å². The molecule has 1 aromatic carbocycles. The molecule has 2 fully saturated rings. The summed E-state index contributed by atoms with van der Waals surface area (Å²) in [5.41, 5.74) is 2.83. The van der Waals surface area contributed by atoms with Crippen LogP contribution in [-0.4, -0.2) is 57.0 Å². The van der Waals surface area contributed by atoms with Gasteiger partial charge in [0, 0.05) is 42.8 Å². The highest BCUT2D eigenvalue weighted by atomic mass is 79.9. The number of nitrogens with zero attached hydrogens (tertiary/aromatic N) is 7. The predicted octanol–water partition coefficient (Wildman–Crippen LogP) is 3.53. The fraction of sp³-hybridized carbons (Fsp3) is 0.348. The molecule has 1 aliphatic heterocycles. The van der Waals surface area contributed by atoms with Crippen LogP contribution in [0.1, 0.15) is 46.9 Å². The van der Waals surface area contributed by atoms with Gasteiger partial charge in [-0.25, -0.2) is 9.67 Å². The highest BCUT2D eigenvalue weighted by Gasteiger charge is 2.36. The Morgan fingerprint density at radius 1 is 1.09 bits per heavy atom. The van der Waals surface area contributed by atoms with E-state index in [0.717, 1.165) is 41.7 Å². The number of hydrogen-bond acceptors (Lipinski definition) is 6. The van der Waals surface area contributed by atoms with Gasteiger partial charge < -0.3 is 9.80 Å². The first kappa shape index (κ1) is 20.6. The van der Waals surface area contributed by atoms with Crippen molar-refractivity contribution >= 4 is 27.7 Å². The number of aromatic nitrogens is 4. The molecule has 2 aliphatic rings. The van der Waals surface area contributed by atoms with Crippen molar-refractivity contribution < 1.29 is 4.79 Å². The van der Waals surface area contributed by atoms with Crippen LogP contribution in [0.5, 0.6) is 0 Å². The number of pyridine rings is 1. The van der Waals surface area contributed by atoms with E-state index >= 15 is 0 Å². The maximum absolute atomic E-state index is 13.5. The molecule has 0 atom stereocenters. The number of nitriles is 1. The number of hydrogen-bond donors (Lipinski definition) is 0. The highest BCUT2D eigenvalue weighted by molar-refractivity contribution is 9.10. The van der Waals surface area contributed by atoms with Gasteiger partial charge in [-0.3, -0.25) is 4.79 Å². The maximum atomic E-state index is 13.5. The van der Waals surface area contributed by atoms with Crippen LogP contribution in [0.25, 0.3) is 5.69 Å². The smallest absolute Gasteiger partial charge is 0.276 e. The Balaban J connectivity index is 1.38. The monoisotopic (exact) mass is 491 g/mol. The zero-order valence-corrected chi connectivity index (χ0v) is 19.1. The maximum Gasteiger partial charge on any atom is 0.276 e. The molecule has 1 saturated carbocycles. The summed E-state index contributed by atoms with van der Waals surface area (Å²) in [5, 5.41) is 18.1. The van der Waals surface area contributed by atoms with Crippen molar-refractivity contribution in [3.05, 3.63) is 64.0 Å². The van der Waals surface area contributed by atoms with Gasteiger partial charge in [0.1, 0.15) is 11.9 Å². The fourth-order valence-electron chi connectivity index (χ4n) is 4.16. The second-order valence-electron chi connectivity index (χ2n) is 8.10. The lowest BCUT2D eigenvalue weighted by molar-refractivity contribution is 0.0760. The molecular formula is C23H22BrN7O. The van der Waals surface area contributed by atoms with Crippen molar-refractivity contribution in [2.75, 3.05) is 31.1 Å². The Morgan fingerprint density at radius 2 is 1.91 bits per heavy atom. The van der Waals surface area contributed by atoms with Crippen molar-refractivity contribution in [3.8, 4) is 11.8 Å². The molecule has 0 spiro atoms. The minimum absolute atomic E-state index is 0.0707. The highest BCUT2D eigenvalue weighted by Crippen LogP contribution is 2.42. The lowest BCUT2D eigenvalue weighted by Crippen LogP contribution is -2.36. The van der Waals surface area contributed by atoms with E-state index < -0.39 is 0 Å². The molecule has 0 bridgehead atoms. The van der Waals surface area contributed by atoms with Crippen molar-refractivity contribution in [2.24, 2.45) is 0 Å². The molecule has 0 N–H and O–H groups in total. The second kappa shape index (κ2) is 8.71. The summed E-state index contributed by atoms with van der Waals surface area (Å²) in [4.78, 5) is 21.8. The summed E-state index contributed by atoms with van der Waals surface area (Å²) in [7, 11) is 0. The van der Waals surface area contributed by atoms with Gasteiger partial charge in [-0.15, -0.1) is 5.10 Å². The molecule has 8 nitrogen and oxygen atoms in total. The average Bonchev–Trinajstić information content (AvgIpc) is 3.62. The lowest BCUT2D eigenvalue weighted by Gasteiger charge is -2.23. The Labute approximate surface area is 194 Å². The quantitative estimate of drug-likeness (QED) is 0.554. The van der Waals surface area contributed by atoms with Gasteiger partial charge in [0.2, 0.25) is 0 Å². The molecule has 32 heavy (non-hydrogen) atoms. The normalized spacial score (nSPS) is 16.5. The first-order valence-corrected chi connectivity index (χ1v) is 11.6. The Hall–Kier alpha value is -3.25. The summed E-state index contributed by atoms with van der Waals surface area (Å²) in [6.45, 7) is 2.56. The van der Waals surface area contributed by atoms with E-state index in [-0.39, 0.29) is 5.91 Å². The van der Waals surface area contributed by atoms with Gasteiger partial charge in [0.25, 0.3) is 5.91 Å². The van der Waals surface area contributed by atoms with Crippen LogP contribution in [0, 0.1) is 11.3 Å². The van der Waals surface area contributed by atoms with Gasteiger partial charge in [0.05, 0.1) is 16.9 Å². The van der Waals surface area contributed by atoms with E-state index in [1.165, 1.54) is 0 Å². The average molecular weight is 492 g/mol. The third-order valence-electron chi connectivity index (χ3n) is 5.93. The Morgan fingerprint density at radius 3 is 2.66 bits per heavy atom. The molecule has 1 amide bonds. The van der Waals surface area contributed by atoms with Gasteiger partial charge in [-0.1, -0.05) is 21.1 Å². The number of amides is 1. The van der Waals surface area contributed by atoms with E-state index in [1.54, 1.807) is 18.3 Å². The number of carbonyl (C=O) groups is 1. The van der Waals surface area contributed by atoms with E-state index in [4.69, 9.17) is 0 Å². The largest absolute Gasteiger partial charge is 0.354 e. The number of benzene rings is 1. The van der Waals surface area contributed by atoms with E-state index in [1.807, 2.05) is 33.8 Å². The minimum atomic E-state index is -0.0707. The Bertz CT molecular complexity index is 1180. The van der Waals surface area contributed by atoms with Crippen LogP contribution in [0.4, 0.5) is 5.82 Å². The molecule has 2 aromatic heterocycles. The van der Waals surface area contributed by atoms with Gasteiger partial charge >= 0.3 is 0 Å². The number of rotatable bonds is 4. The van der Waals surface area contributed by atoms with E-state index in [9.17, 15) is 10.1 Å². The van der Waals surface area contributed by atoms with Crippen molar-refractivity contribution in [1.29, 1.82) is 5.26 Å². The van der Waals surface area contributed by atoms with Crippen molar-refractivity contribution in [3.63, 3.8) is 0 Å². The Kier molecular flexibility index (Phi) is 5.62. The SMILES string of the molecule is N#Cc1cccnc1N1CCCN(C(=O)c2nnn(-c3ccc(Br)cc3)c2C2CC2)CC1. The standard InChI is InChI=1S/C23H22BrN7O/c24-18-6-8-19(9-7-18)31-21(16-4-5-16)20(27-28-31)23(32)30-12-2-11-29(13-14-30)22-17(15-25)3-1-10-26-22/h1,3,6-10,16H,2,4-5,11-14H2. The molecular weight excluding hydrogens is 470 g/mol. The van der Waals surface area contributed by atoms with Crippen molar-refractivity contribution in [2.45, 2.75) is 25.2 Å². The predicted molar refractivity (Wildman–Crippen MR) is 123 cm³/mol. The first-order chi connectivity index (χ1) is 15.7. The van der Waals surface area contributed by atoms with Gasteiger partial charge in [0.15, 0.2) is 5.69 Å². The van der Waals surface area contributed by atoms with E-state index in [0.29, 0.717) is 42.6 Å². The summed E-state index contributed by atoms with van der Waals surface area (Å²) in [5.74, 6) is 0.936. The van der Waals surface area contributed by atoms with Crippen LogP contribution >= 0.6 is 15.9 Å². The minimum Gasteiger partial charge on any atom is -0.354 e. The fourth-order valence-corrected chi connectivity index (χ4v) is 4.42. The summed E-state index contributed by atoms with van der Waals surface area (Å²) in [6.07, 6.45) is 4.60. The molecule has 3 aromatic rings. The molecule has 1 aliphatic carbocycles. The van der Waals surface area contributed by atoms with Gasteiger partial charge in [-0.2, -0.15) is 5.26 Å². The molecule has 1 saturated heterocycles. The zero-order chi connectivity index (χ0) is 22.1. The molecule has 0 unspecified atom stereocenters. The summed E-state index contributed by atoms with van der Waals surface area (Å²) >= 11 is 3.46. The van der Waals surface area contributed by atoms with Crippen LogP contribution in [0.2, 0.25) is 0 Å². The number of halogens is 1. The molecule has 162 valence electrons. The lowest BCUT2D eigenvalue weighted by atomic mass is 10.2. The van der Waals surface area contributed by atoms with Crippen LogP contribution in [-0.2, 0) is 0 Å². The second-order valence-corrected chi connectivity index (χ2v) is 9.02.